The first-order valence-electron chi connectivity index (χ1n) is 6.16. The van der Waals surface area contributed by atoms with Gasteiger partial charge in [-0.05, 0) is 65.4 Å². The molecule has 0 atom stereocenters. The second-order valence-corrected chi connectivity index (χ2v) is 5.87. The van der Waals surface area contributed by atoms with E-state index in [2.05, 4.69) is 27.9 Å². The molecule has 0 heterocycles. The summed E-state index contributed by atoms with van der Waals surface area (Å²) in [6.07, 6.45) is 0.682. The molecule has 0 unspecified atom stereocenters. The predicted octanol–water partition coefficient (Wildman–Crippen LogP) is 3.70. The topological polar surface area (TPSA) is 55.1 Å². The molecule has 0 aliphatic heterocycles. The van der Waals surface area contributed by atoms with Crippen LogP contribution in [0.15, 0.2) is 42.5 Å². The number of nitrogens with one attached hydrogen (secondary N) is 1. The van der Waals surface area contributed by atoms with Crippen LogP contribution in [0.5, 0.6) is 0 Å². The van der Waals surface area contributed by atoms with Gasteiger partial charge in [-0.3, -0.25) is 4.79 Å². The SMILES string of the molecule is NCCc1ccccc1C(=O)Nc1ccc(Cl)cc1I. The lowest BCUT2D eigenvalue weighted by atomic mass is 10.0. The van der Waals surface area contributed by atoms with E-state index in [9.17, 15) is 4.79 Å². The molecule has 0 aromatic heterocycles. The van der Waals surface area contributed by atoms with Crippen molar-refractivity contribution in [1.82, 2.24) is 0 Å². The first-order valence-corrected chi connectivity index (χ1v) is 7.62. The number of halogens is 2. The fourth-order valence-electron chi connectivity index (χ4n) is 1.90. The van der Waals surface area contributed by atoms with E-state index >= 15 is 0 Å². The van der Waals surface area contributed by atoms with Crippen molar-refractivity contribution in [3.8, 4) is 0 Å². The van der Waals surface area contributed by atoms with Gasteiger partial charge in [-0.2, -0.15) is 0 Å². The fourth-order valence-corrected chi connectivity index (χ4v) is 2.90. The van der Waals surface area contributed by atoms with Gasteiger partial charge in [-0.25, -0.2) is 0 Å². The molecule has 2 aromatic carbocycles. The minimum atomic E-state index is -0.130. The van der Waals surface area contributed by atoms with E-state index in [0.717, 1.165) is 14.8 Å². The minimum absolute atomic E-state index is 0.130. The van der Waals surface area contributed by atoms with Gasteiger partial charge in [0.15, 0.2) is 0 Å². The number of rotatable bonds is 4. The van der Waals surface area contributed by atoms with E-state index < -0.39 is 0 Å². The molecule has 0 aliphatic carbocycles. The third-order valence-corrected chi connectivity index (χ3v) is 3.98. The Bertz CT molecular complexity index is 631. The molecule has 0 saturated carbocycles. The Labute approximate surface area is 136 Å². The summed E-state index contributed by atoms with van der Waals surface area (Å²) < 4.78 is 0.903. The lowest BCUT2D eigenvalue weighted by Gasteiger charge is -2.11. The zero-order chi connectivity index (χ0) is 14.5. The van der Waals surface area contributed by atoms with Gasteiger partial charge in [0.1, 0.15) is 0 Å². The standard InChI is InChI=1S/C15H14ClIN2O/c16-11-5-6-14(13(17)9-11)19-15(20)12-4-2-1-3-10(12)7-8-18/h1-6,9H,7-8,18H2,(H,19,20). The van der Waals surface area contributed by atoms with Gasteiger partial charge in [-0.15, -0.1) is 0 Å². The molecule has 1 amide bonds. The van der Waals surface area contributed by atoms with E-state index in [1.165, 1.54) is 0 Å². The molecule has 104 valence electrons. The highest BCUT2D eigenvalue weighted by molar-refractivity contribution is 14.1. The van der Waals surface area contributed by atoms with Gasteiger partial charge in [0.2, 0.25) is 0 Å². The Hall–Kier alpha value is -1.11. The van der Waals surface area contributed by atoms with Gasteiger partial charge in [-0.1, -0.05) is 29.8 Å². The molecule has 2 aromatic rings. The number of anilines is 1. The highest BCUT2D eigenvalue weighted by Crippen LogP contribution is 2.23. The van der Waals surface area contributed by atoms with Crippen molar-refractivity contribution in [1.29, 1.82) is 0 Å². The number of hydrogen-bond acceptors (Lipinski definition) is 2. The maximum Gasteiger partial charge on any atom is 0.255 e. The molecular formula is C15H14ClIN2O. The highest BCUT2D eigenvalue weighted by atomic mass is 127. The van der Waals surface area contributed by atoms with Crippen molar-refractivity contribution in [3.63, 3.8) is 0 Å². The second kappa shape index (κ2) is 7.06. The van der Waals surface area contributed by atoms with Crippen molar-refractivity contribution >= 4 is 45.8 Å². The molecular weight excluding hydrogens is 387 g/mol. The van der Waals surface area contributed by atoms with Crippen LogP contribution in [0.2, 0.25) is 5.02 Å². The van der Waals surface area contributed by atoms with Crippen molar-refractivity contribution in [2.24, 2.45) is 5.73 Å². The summed E-state index contributed by atoms with van der Waals surface area (Å²) in [5.74, 6) is -0.130. The second-order valence-electron chi connectivity index (χ2n) is 4.27. The Balaban J connectivity index is 2.24. The highest BCUT2D eigenvalue weighted by Gasteiger charge is 2.12. The Morgan fingerprint density at radius 1 is 1.25 bits per heavy atom. The number of hydrogen-bond donors (Lipinski definition) is 2. The van der Waals surface area contributed by atoms with Crippen molar-refractivity contribution in [2.75, 3.05) is 11.9 Å². The molecule has 20 heavy (non-hydrogen) atoms. The van der Waals surface area contributed by atoms with Crippen LogP contribution < -0.4 is 11.1 Å². The number of carbonyl (C=O) groups excluding carboxylic acids is 1. The quantitative estimate of drug-likeness (QED) is 0.769. The summed E-state index contributed by atoms with van der Waals surface area (Å²) in [7, 11) is 0. The summed E-state index contributed by atoms with van der Waals surface area (Å²) in [5.41, 5.74) is 7.94. The van der Waals surface area contributed by atoms with Gasteiger partial charge in [0.25, 0.3) is 5.91 Å². The molecule has 0 bridgehead atoms. The number of benzene rings is 2. The number of amides is 1. The third-order valence-electron chi connectivity index (χ3n) is 2.85. The molecule has 0 fully saturated rings. The van der Waals surface area contributed by atoms with Crippen LogP contribution >= 0.6 is 34.2 Å². The summed E-state index contributed by atoms with van der Waals surface area (Å²) >= 11 is 8.05. The molecule has 0 saturated heterocycles. The maximum absolute atomic E-state index is 12.4. The molecule has 5 heteroatoms. The molecule has 0 radical (unpaired) electrons. The molecule has 0 spiro atoms. The van der Waals surface area contributed by atoms with Gasteiger partial charge in [0, 0.05) is 14.2 Å². The van der Waals surface area contributed by atoms with Crippen LogP contribution in [0.25, 0.3) is 0 Å². The smallest absolute Gasteiger partial charge is 0.255 e. The van der Waals surface area contributed by atoms with Crippen LogP contribution in [-0.4, -0.2) is 12.5 Å². The largest absolute Gasteiger partial charge is 0.330 e. The van der Waals surface area contributed by atoms with E-state index in [4.69, 9.17) is 17.3 Å². The number of carbonyl (C=O) groups is 1. The molecule has 3 nitrogen and oxygen atoms in total. The van der Waals surface area contributed by atoms with Crippen LogP contribution in [0, 0.1) is 3.57 Å². The normalized spacial score (nSPS) is 10.3. The van der Waals surface area contributed by atoms with Crippen LogP contribution in [0.4, 0.5) is 5.69 Å². The van der Waals surface area contributed by atoms with E-state index in [0.29, 0.717) is 23.6 Å². The Kier molecular flexibility index (Phi) is 5.39. The number of nitrogens with two attached hydrogens (primary N) is 1. The Morgan fingerprint density at radius 3 is 2.70 bits per heavy atom. The van der Waals surface area contributed by atoms with Crippen LogP contribution in [-0.2, 0) is 6.42 Å². The predicted molar refractivity (Wildman–Crippen MR) is 91.3 cm³/mol. The fraction of sp³-hybridized carbons (Fsp3) is 0.133. The average molecular weight is 401 g/mol. The maximum atomic E-state index is 12.4. The molecule has 0 aliphatic rings. The lowest BCUT2D eigenvalue weighted by Crippen LogP contribution is -2.16. The summed E-state index contributed by atoms with van der Waals surface area (Å²) in [6.45, 7) is 0.517. The van der Waals surface area contributed by atoms with Crippen molar-refractivity contribution in [3.05, 3.63) is 62.2 Å². The van der Waals surface area contributed by atoms with Crippen LogP contribution in [0.3, 0.4) is 0 Å². The Morgan fingerprint density at radius 2 is 2.00 bits per heavy atom. The summed E-state index contributed by atoms with van der Waals surface area (Å²) in [5, 5.41) is 3.56. The molecule has 3 N–H and O–H groups in total. The first kappa shape index (κ1) is 15.3. The monoisotopic (exact) mass is 400 g/mol. The zero-order valence-electron chi connectivity index (χ0n) is 10.7. The van der Waals surface area contributed by atoms with Crippen molar-refractivity contribution in [2.45, 2.75) is 6.42 Å². The van der Waals surface area contributed by atoms with E-state index in [1.54, 1.807) is 12.1 Å². The minimum Gasteiger partial charge on any atom is -0.330 e. The van der Waals surface area contributed by atoms with Gasteiger partial charge >= 0.3 is 0 Å². The third kappa shape index (κ3) is 3.71. The zero-order valence-corrected chi connectivity index (χ0v) is 13.6. The van der Waals surface area contributed by atoms with Crippen molar-refractivity contribution < 1.29 is 4.79 Å². The van der Waals surface area contributed by atoms with E-state index in [1.807, 2.05) is 30.3 Å². The van der Waals surface area contributed by atoms with Gasteiger partial charge in [0.05, 0.1) is 5.69 Å². The van der Waals surface area contributed by atoms with E-state index in [-0.39, 0.29) is 5.91 Å². The average Bonchev–Trinajstić information content (AvgIpc) is 2.43. The van der Waals surface area contributed by atoms with Crippen LogP contribution in [0.1, 0.15) is 15.9 Å². The first-order chi connectivity index (χ1) is 9.61. The summed E-state index contributed by atoms with van der Waals surface area (Å²) in [4.78, 5) is 12.4. The summed E-state index contributed by atoms with van der Waals surface area (Å²) in [6, 6.07) is 12.9. The van der Waals surface area contributed by atoms with Gasteiger partial charge < -0.3 is 11.1 Å². The molecule has 2 rings (SSSR count). The lowest BCUT2D eigenvalue weighted by molar-refractivity contribution is 0.102.